The summed E-state index contributed by atoms with van der Waals surface area (Å²) >= 11 is 0. The maximum atomic E-state index is 12.1. The monoisotopic (exact) mass is 355 g/mol. The van der Waals surface area contributed by atoms with Gasteiger partial charge in [-0.15, -0.1) is 0 Å². The Morgan fingerprint density at radius 2 is 1.75 bits per heavy atom. The number of carbonyl (C=O) groups excluding carboxylic acids is 2. The summed E-state index contributed by atoms with van der Waals surface area (Å²) in [7, 11) is 1.28. The molecule has 10 heteroatoms. The molecule has 0 aliphatic heterocycles. The van der Waals surface area contributed by atoms with E-state index in [9.17, 15) is 23.2 Å². The van der Waals surface area contributed by atoms with Gasteiger partial charge in [-0.2, -0.15) is 8.78 Å². The number of aliphatic carboxylic acids is 1. The number of carboxylic acid groups (broad SMARTS) is 1. The highest BCUT2D eigenvalue weighted by Gasteiger charge is 2.29. The molecule has 1 amide bonds. The number of carboxylic acids is 1. The molecule has 0 aromatic rings. The summed E-state index contributed by atoms with van der Waals surface area (Å²) in [5.41, 5.74) is -0.792. The molecule has 0 bridgehead atoms. The van der Waals surface area contributed by atoms with Crippen molar-refractivity contribution in [3.63, 3.8) is 0 Å². The van der Waals surface area contributed by atoms with Crippen LogP contribution in [0.3, 0.4) is 0 Å². The van der Waals surface area contributed by atoms with Gasteiger partial charge in [-0.3, -0.25) is 9.59 Å². The molecule has 0 aliphatic carbocycles. The lowest BCUT2D eigenvalue weighted by Crippen LogP contribution is -2.47. The third kappa shape index (κ3) is 10.1. The number of halogens is 2. The van der Waals surface area contributed by atoms with Crippen molar-refractivity contribution in [2.45, 2.75) is 45.4 Å². The molecule has 0 unspecified atom stereocenters. The number of amides is 1. The summed E-state index contributed by atoms with van der Waals surface area (Å²) in [6.45, 7) is 0.688. The number of methoxy groups -OCH3 is 1. The maximum Gasteiger partial charge on any atom is 0.408 e. The van der Waals surface area contributed by atoms with Gasteiger partial charge in [-0.05, 0) is 20.8 Å². The predicted molar refractivity (Wildman–Crippen MR) is 77.7 cm³/mol. The highest BCUT2D eigenvalue weighted by Crippen LogP contribution is 2.11. The SMILES string of the molecule is COC[C@H](NC(=O)OC(C)(C)C)C(=O)C[C@@H](COC(F)F)C(=O)O. The minimum absolute atomic E-state index is 0.222. The molecule has 24 heavy (non-hydrogen) atoms. The predicted octanol–water partition coefficient (Wildman–Crippen LogP) is 1.43. The van der Waals surface area contributed by atoms with E-state index in [1.807, 2.05) is 0 Å². The third-order valence-corrected chi connectivity index (χ3v) is 2.63. The number of nitrogens with one attached hydrogen (secondary N) is 1. The van der Waals surface area contributed by atoms with Gasteiger partial charge in [0, 0.05) is 13.5 Å². The third-order valence-electron chi connectivity index (χ3n) is 2.63. The highest BCUT2D eigenvalue weighted by atomic mass is 19.3. The van der Waals surface area contributed by atoms with E-state index in [4.69, 9.17) is 14.6 Å². The summed E-state index contributed by atoms with van der Waals surface area (Å²) in [6, 6.07) is -1.17. The van der Waals surface area contributed by atoms with Gasteiger partial charge in [0.05, 0.1) is 19.1 Å². The van der Waals surface area contributed by atoms with E-state index in [2.05, 4.69) is 10.1 Å². The normalized spacial score (nSPS) is 14.1. The molecular weight excluding hydrogens is 332 g/mol. The molecule has 0 aromatic carbocycles. The van der Waals surface area contributed by atoms with E-state index in [1.54, 1.807) is 20.8 Å². The Balaban J connectivity index is 4.81. The van der Waals surface area contributed by atoms with Gasteiger partial charge < -0.3 is 24.6 Å². The van der Waals surface area contributed by atoms with Gasteiger partial charge in [0.15, 0.2) is 5.78 Å². The summed E-state index contributed by atoms with van der Waals surface area (Å²) in [6.07, 6.45) is -1.49. The molecule has 0 saturated heterocycles. The van der Waals surface area contributed by atoms with Crippen LogP contribution < -0.4 is 5.32 Å². The quantitative estimate of drug-likeness (QED) is 0.610. The summed E-state index contributed by atoms with van der Waals surface area (Å²) in [4.78, 5) is 34.9. The molecule has 0 radical (unpaired) electrons. The van der Waals surface area contributed by atoms with Crippen LogP contribution in [-0.4, -0.2) is 61.5 Å². The molecule has 0 aromatic heterocycles. The van der Waals surface area contributed by atoms with Crippen LogP contribution in [0.2, 0.25) is 0 Å². The Labute approximate surface area is 138 Å². The number of hydrogen-bond donors (Lipinski definition) is 2. The minimum atomic E-state index is -3.14. The number of rotatable bonds is 10. The molecule has 8 nitrogen and oxygen atoms in total. The zero-order valence-corrected chi connectivity index (χ0v) is 14.0. The number of hydrogen-bond acceptors (Lipinski definition) is 6. The number of alkyl carbamates (subject to hydrolysis) is 1. The van der Waals surface area contributed by atoms with Crippen LogP contribution in [0.1, 0.15) is 27.2 Å². The van der Waals surface area contributed by atoms with Gasteiger partial charge in [-0.1, -0.05) is 0 Å². The fourth-order valence-corrected chi connectivity index (χ4v) is 1.62. The molecule has 2 N–H and O–H groups in total. The maximum absolute atomic E-state index is 12.1. The van der Waals surface area contributed by atoms with E-state index in [1.165, 1.54) is 7.11 Å². The number of Topliss-reactive ketones (excluding diaryl/α,β-unsaturated/α-hetero) is 1. The molecule has 0 spiro atoms. The minimum Gasteiger partial charge on any atom is -0.481 e. The van der Waals surface area contributed by atoms with E-state index in [0.717, 1.165) is 0 Å². The number of ether oxygens (including phenoxy) is 3. The smallest absolute Gasteiger partial charge is 0.408 e. The fourth-order valence-electron chi connectivity index (χ4n) is 1.62. The number of ketones is 1. The van der Waals surface area contributed by atoms with Crippen molar-refractivity contribution in [3.05, 3.63) is 0 Å². The zero-order chi connectivity index (χ0) is 18.9. The molecule has 0 saturated carbocycles. The van der Waals surface area contributed by atoms with E-state index in [-0.39, 0.29) is 6.61 Å². The summed E-state index contributed by atoms with van der Waals surface area (Å²) < 4.78 is 37.8. The lowest BCUT2D eigenvalue weighted by atomic mass is 9.99. The topological polar surface area (TPSA) is 111 Å². The average Bonchev–Trinajstić information content (AvgIpc) is 2.39. The first kappa shape index (κ1) is 22.2. The number of carbonyl (C=O) groups is 3. The van der Waals surface area contributed by atoms with Gasteiger partial charge in [0.1, 0.15) is 11.6 Å². The van der Waals surface area contributed by atoms with Crippen molar-refractivity contribution in [1.29, 1.82) is 0 Å². The van der Waals surface area contributed by atoms with E-state index >= 15 is 0 Å². The van der Waals surface area contributed by atoms with Crippen molar-refractivity contribution >= 4 is 17.8 Å². The average molecular weight is 355 g/mol. The van der Waals surface area contributed by atoms with Gasteiger partial charge >= 0.3 is 18.7 Å². The Bertz CT molecular complexity index is 437. The first-order valence-corrected chi connectivity index (χ1v) is 7.10. The van der Waals surface area contributed by atoms with Crippen LogP contribution in [0.15, 0.2) is 0 Å². The van der Waals surface area contributed by atoms with Crippen molar-refractivity contribution in [2.75, 3.05) is 20.3 Å². The first-order chi connectivity index (χ1) is 11.0. The van der Waals surface area contributed by atoms with Crippen LogP contribution >= 0.6 is 0 Å². The molecule has 0 rings (SSSR count). The fraction of sp³-hybridized carbons (Fsp3) is 0.786. The molecule has 2 atom stereocenters. The summed E-state index contributed by atoms with van der Waals surface area (Å²) in [5.74, 6) is -3.63. The van der Waals surface area contributed by atoms with Crippen molar-refractivity contribution in [3.8, 4) is 0 Å². The lowest BCUT2D eigenvalue weighted by Gasteiger charge is -2.23. The van der Waals surface area contributed by atoms with Crippen LogP contribution in [0.25, 0.3) is 0 Å². The van der Waals surface area contributed by atoms with Crippen LogP contribution in [-0.2, 0) is 23.8 Å². The van der Waals surface area contributed by atoms with E-state index < -0.39 is 55.0 Å². The number of alkyl halides is 2. The van der Waals surface area contributed by atoms with Gasteiger partial charge in [0.2, 0.25) is 0 Å². The Hall–Kier alpha value is -1.81. The van der Waals surface area contributed by atoms with Gasteiger partial charge in [0.25, 0.3) is 0 Å². The highest BCUT2D eigenvalue weighted by molar-refractivity contribution is 5.90. The second-order valence-corrected chi connectivity index (χ2v) is 5.95. The van der Waals surface area contributed by atoms with Gasteiger partial charge in [-0.25, -0.2) is 4.79 Å². The zero-order valence-electron chi connectivity index (χ0n) is 14.0. The summed E-state index contributed by atoms with van der Waals surface area (Å²) in [5, 5.41) is 11.2. The van der Waals surface area contributed by atoms with Crippen molar-refractivity contribution in [2.24, 2.45) is 5.92 Å². The Kier molecular flexibility index (Phi) is 9.37. The standard InChI is InChI=1S/C14H23F2NO7/c1-14(2,3)24-13(21)17-9(7-22-4)10(18)5-8(11(19)20)6-23-12(15)16/h8-9,12H,5-7H2,1-4H3,(H,17,21)(H,19,20)/t8-,9-/m0/s1. The van der Waals surface area contributed by atoms with E-state index in [0.29, 0.717) is 0 Å². The van der Waals surface area contributed by atoms with Crippen LogP contribution in [0.5, 0.6) is 0 Å². The Morgan fingerprint density at radius 3 is 2.17 bits per heavy atom. The second-order valence-electron chi connectivity index (χ2n) is 5.95. The first-order valence-electron chi connectivity index (χ1n) is 7.10. The molecule has 140 valence electrons. The molecule has 0 heterocycles. The second kappa shape index (κ2) is 10.1. The Morgan fingerprint density at radius 1 is 1.17 bits per heavy atom. The molecular formula is C14H23F2NO7. The lowest BCUT2D eigenvalue weighted by molar-refractivity contribution is -0.161. The van der Waals surface area contributed by atoms with Crippen molar-refractivity contribution < 1.29 is 42.5 Å². The van der Waals surface area contributed by atoms with Crippen LogP contribution in [0.4, 0.5) is 13.6 Å². The van der Waals surface area contributed by atoms with Crippen molar-refractivity contribution in [1.82, 2.24) is 5.32 Å². The largest absolute Gasteiger partial charge is 0.481 e. The molecule has 0 fully saturated rings. The van der Waals surface area contributed by atoms with Crippen LogP contribution in [0, 0.1) is 5.92 Å². The molecule has 0 aliphatic rings.